The van der Waals surface area contributed by atoms with Crippen molar-refractivity contribution in [3.05, 3.63) is 29.8 Å². The van der Waals surface area contributed by atoms with Crippen molar-refractivity contribution in [1.29, 1.82) is 0 Å². The molecule has 1 fully saturated rings. The number of hydrogen-bond donors (Lipinski definition) is 2. The Morgan fingerprint density at radius 3 is 3.06 bits per heavy atom. The zero-order valence-electron chi connectivity index (χ0n) is 9.14. The molecule has 86 valence electrons. The fraction of sp³-hybridized carbons (Fsp3) is 0.417. The van der Waals surface area contributed by atoms with Crippen LogP contribution in [0.15, 0.2) is 24.3 Å². The van der Waals surface area contributed by atoms with Gasteiger partial charge in [0.05, 0.1) is 13.0 Å². The highest BCUT2D eigenvalue weighted by molar-refractivity contribution is 5.71. The maximum atomic E-state index is 11.1. The summed E-state index contributed by atoms with van der Waals surface area (Å²) in [7, 11) is 1.61. The summed E-state index contributed by atoms with van der Waals surface area (Å²) in [5.74, 6) is -0.319. The highest BCUT2D eigenvalue weighted by Gasteiger charge is 2.33. The largest absolute Gasteiger partial charge is 0.497 e. The number of hydrogen-bond acceptors (Lipinski definition) is 3. The average molecular weight is 221 g/mol. The van der Waals surface area contributed by atoms with Crippen LogP contribution in [0.2, 0.25) is 0 Å². The van der Waals surface area contributed by atoms with Gasteiger partial charge in [0, 0.05) is 6.04 Å². The normalized spacial score (nSPS) is 24.3. The van der Waals surface area contributed by atoms with Crippen molar-refractivity contribution in [3.8, 4) is 5.75 Å². The Morgan fingerprint density at radius 2 is 2.38 bits per heavy atom. The predicted octanol–water partition coefficient (Wildman–Crippen LogP) is 1.43. The summed E-state index contributed by atoms with van der Waals surface area (Å²) in [5.41, 5.74) is 0.976. The first-order chi connectivity index (χ1) is 7.72. The summed E-state index contributed by atoms with van der Waals surface area (Å²) in [4.78, 5) is 11.1. The van der Waals surface area contributed by atoms with Gasteiger partial charge in [0.2, 0.25) is 0 Å². The summed E-state index contributed by atoms with van der Waals surface area (Å²) in [6.07, 6.45) is 0.678. The fourth-order valence-corrected chi connectivity index (χ4v) is 2.15. The van der Waals surface area contributed by atoms with Crippen LogP contribution in [0.4, 0.5) is 0 Å². The number of aliphatic carboxylic acids is 1. The molecule has 2 atom stereocenters. The second-order valence-corrected chi connectivity index (χ2v) is 3.94. The Labute approximate surface area is 94.2 Å². The van der Waals surface area contributed by atoms with E-state index in [9.17, 15) is 4.79 Å². The molecular weight excluding hydrogens is 206 g/mol. The van der Waals surface area contributed by atoms with Gasteiger partial charge in [-0.05, 0) is 30.7 Å². The Morgan fingerprint density at radius 1 is 1.56 bits per heavy atom. The van der Waals surface area contributed by atoms with Gasteiger partial charge in [0.15, 0.2) is 0 Å². The van der Waals surface area contributed by atoms with Gasteiger partial charge in [0.1, 0.15) is 5.75 Å². The number of nitrogens with one attached hydrogen (secondary N) is 1. The van der Waals surface area contributed by atoms with Gasteiger partial charge >= 0.3 is 5.97 Å². The van der Waals surface area contributed by atoms with Crippen LogP contribution in [0, 0.1) is 5.92 Å². The first-order valence-corrected chi connectivity index (χ1v) is 5.32. The quantitative estimate of drug-likeness (QED) is 0.810. The minimum absolute atomic E-state index is 0.104. The molecular formula is C12H15NO3. The average Bonchev–Trinajstić information content (AvgIpc) is 2.78. The van der Waals surface area contributed by atoms with Gasteiger partial charge in [-0.1, -0.05) is 12.1 Å². The van der Waals surface area contributed by atoms with Crippen molar-refractivity contribution in [2.45, 2.75) is 12.5 Å². The molecule has 1 heterocycles. The molecule has 0 radical (unpaired) electrons. The lowest BCUT2D eigenvalue weighted by atomic mass is 9.94. The molecule has 1 aliphatic heterocycles. The van der Waals surface area contributed by atoms with Gasteiger partial charge in [-0.2, -0.15) is 0 Å². The van der Waals surface area contributed by atoms with Crippen LogP contribution in [0.25, 0.3) is 0 Å². The summed E-state index contributed by atoms with van der Waals surface area (Å²) >= 11 is 0. The van der Waals surface area contributed by atoms with Crippen molar-refractivity contribution in [3.63, 3.8) is 0 Å². The number of benzene rings is 1. The van der Waals surface area contributed by atoms with Gasteiger partial charge in [-0.3, -0.25) is 4.79 Å². The molecule has 1 aliphatic rings. The Balaban J connectivity index is 2.25. The second-order valence-electron chi connectivity index (χ2n) is 3.94. The van der Waals surface area contributed by atoms with Crippen LogP contribution in [-0.4, -0.2) is 24.7 Å². The van der Waals surface area contributed by atoms with Crippen LogP contribution < -0.4 is 10.1 Å². The Bertz CT molecular complexity index is 392. The highest BCUT2D eigenvalue weighted by atomic mass is 16.5. The molecule has 0 aromatic heterocycles. The van der Waals surface area contributed by atoms with Gasteiger partial charge in [-0.15, -0.1) is 0 Å². The molecule has 0 unspecified atom stereocenters. The maximum absolute atomic E-state index is 11.1. The van der Waals surface area contributed by atoms with Crippen LogP contribution in [0.3, 0.4) is 0 Å². The van der Waals surface area contributed by atoms with E-state index in [2.05, 4.69) is 5.32 Å². The number of rotatable bonds is 3. The maximum Gasteiger partial charge on any atom is 0.308 e. The molecule has 0 amide bonds. The second kappa shape index (κ2) is 4.53. The van der Waals surface area contributed by atoms with Crippen LogP contribution in [-0.2, 0) is 4.79 Å². The van der Waals surface area contributed by atoms with Crippen LogP contribution in [0.1, 0.15) is 18.0 Å². The third kappa shape index (κ3) is 2.02. The number of methoxy groups -OCH3 is 1. The molecule has 2 rings (SSSR count). The summed E-state index contributed by atoms with van der Waals surface area (Å²) in [6, 6.07) is 7.45. The highest BCUT2D eigenvalue weighted by Crippen LogP contribution is 2.31. The van der Waals surface area contributed by atoms with Crippen molar-refractivity contribution < 1.29 is 14.6 Å². The zero-order valence-corrected chi connectivity index (χ0v) is 9.14. The lowest BCUT2D eigenvalue weighted by Crippen LogP contribution is -2.23. The van der Waals surface area contributed by atoms with E-state index in [1.165, 1.54) is 0 Å². The van der Waals surface area contributed by atoms with Gasteiger partial charge in [0.25, 0.3) is 0 Å². The minimum Gasteiger partial charge on any atom is -0.497 e. The monoisotopic (exact) mass is 221 g/mol. The van der Waals surface area contributed by atoms with Crippen LogP contribution >= 0.6 is 0 Å². The molecule has 0 saturated carbocycles. The third-order valence-electron chi connectivity index (χ3n) is 2.99. The lowest BCUT2D eigenvalue weighted by molar-refractivity contribution is -0.142. The van der Waals surface area contributed by atoms with Crippen molar-refractivity contribution in [1.82, 2.24) is 5.32 Å². The van der Waals surface area contributed by atoms with Gasteiger partial charge in [-0.25, -0.2) is 0 Å². The molecule has 16 heavy (non-hydrogen) atoms. The lowest BCUT2D eigenvalue weighted by Gasteiger charge is -2.16. The number of carboxylic acid groups (broad SMARTS) is 1. The summed E-state index contributed by atoms with van der Waals surface area (Å²) < 4.78 is 5.13. The van der Waals surface area contributed by atoms with Gasteiger partial charge < -0.3 is 15.2 Å². The van der Waals surface area contributed by atoms with Crippen molar-refractivity contribution >= 4 is 5.97 Å². The summed E-state index contributed by atoms with van der Waals surface area (Å²) in [5, 5.41) is 12.3. The van der Waals surface area contributed by atoms with E-state index in [-0.39, 0.29) is 12.0 Å². The molecule has 0 bridgehead atoms. The van der Waals surface area contributed by atoms with E-state index in [1.54, 1.807) is 7.11 Å². The third-order valence-corrected chi connectivity index (χ3v) is 2.99. The first-order valence-electron chi connectivity index (χ1n) is 5.32. The molecule has 2 N–H and O–H groups in total. The fourth-order valence-electron chi connectivity index (χ4n) is 2.15. The summed E-state index contributed by atoms with van der Waals surface area (Å²) in [6.45, 7) is 0.749. The number of ether oxygens (including phenoxy) is 1. The van der Waals surface area contributed by atoms with E-state index >= 15 is 0 Å². The van der Waals surface area contributed by atoms with Crippen molar-refractivity contribution in [2.75, 3.05) is 13.7 Å². The molecule has 0 spiro atoms. The van der Waals surface area contributed by atoms with E-state index in [0.29, 0.717) is 6.42 Å². The SMILES string of the molecule is COc1cccc([C@@H]2NCC[C@@H]2C(=O)O)c1. The minimum atomic E-state index is -0.738. The predicted molar refractivity (Wildman–Crippen MR) is 59.5 cm³/mol. The first kappa shape index (κ1) is 11.0. The van der Waals surface area contributed by atoms with E-state index < -0.39 is 5.97 Å². The zero-order chi connectivity index (χ0) is 11.5. The van der Waals surface area contributed by atoms with E-state index in [0.717, 1.165) is 17.9 Å². The Hall–Kier alpha value is -1.55. The number of carboxylic acids is 1. The standard InChI is InChI=1S/C12H15NO3/c1-16-9-4-2-3-8(7-9)11-10(12(14)15)5-6-13-11/h2-4,7,10-11,13H,5-6H2,1H3,(H,14,15)/t10-,11-/m0/s1. The molecule has 0 aliphatic carbocycles. The molecule has 1 aromatic rings. The topological polar surface area (TPSA) is 58.6 Å². The number of carbonyl (C=O) groups is 1. The Kier molecular flexibility index (Phi) is 3.10. The van der Waals surface area contributed by atoms with Crippen LogP contribution in [0.5, 0.6) is 5.75 Å². The van der Waals surface area contributed by atoms with E-state index in [4.69, 9.17) is 9.84 Å². The molecule has 1 aromatic carbocycles. The van der Waals surface area contributed by atoms with Crippen molar-refractivity contribution in [2.24, 2.45) is 5.92 Å². The van der Waals surface area contributed by atoms with E-state index in [1.807, 2.05) is 24.3 Å². The smallest absolute Gasteiger partial charge is 0.308 e. The molecule has 4 nitrogen and oxygen atoms in total. The molecule has 1 saturated heterocycles. The molecule has 4 heteroatoms.